The first-order chi connectivity index (χ1) is 9.02. The lowest BCUT2D eigenvalue weighted by molar-refractivity contribution is 0.0519. The van der Waals surface area contributed by atoms with Gasteiger partial charge in [-0.05, 0) is 26.0 Å². The highest BCUT2D eigenvalue weighted by Gasteiger charge is 2.18. The van der Waals surface area contributed by atoms with Crippen molar-refractivity contribution in [1.29, 1.82) is 0 Å². The summed E-state index contributed by atoms with van der Waals surface area (Å²) in [6.45, 7) is 3.54. The van der Waals surface area contributed by atoms with E-state index in [-0.39, 0.29) is 23.7 Å². The Morgan fingerprint density at radius 3 is 2.79 bits per heavy atom. The summed E-state index contributed by atoms with van der Waals surface area (Å²) < 4.78 is 31.3. The maximum Gasteiger partial charge on any atom is 0.358 e. The Hall–Kier alpha value is -2.24. The van der Waals surface area contributed by atoms with Crippen LogP contribution in [0.15, 0.2) is 18.2 Å². The van der Waals surface area contributed by atoms with Gasteiger partial charge >= 0.3 is 5.97 Å². The van der Waals surface area contributed by atoms with Gasteiger partial charge in [-0.15, -0.1) is 0 Å². The first kappa shape index (κ1) is 13.2. The molecule has 0 atom stereocenters. The van der Waals surface area contributed by atoms with Crippen molar-refractivity contribution in [3.05, 3.63) is 41.2 Å². The van der Waals surface area contributed by atoms with Crippen molar-refractivity contribution in [1.82, 2.24) is 9.97 Å². The van der Waals surface area contributed by atoms with Gasteiger partial charge in [0.1, 0.15) is 17.5 Å². The molecule has 1 aromatic heterocycles. The fourth-order valence-corrected chi connectivity index (χ4v) is 1.67. The van der Waals surface area contributed by atoms with E-state index in [2.05, 4.69) is 9.97 Å². The number of esters is 1. The van der Waals surface area contributed by atoms with Gasteiger partial charge in [0.05, 0.1) is 12.2 Å². The standard InChI is InChI=1S/C13H12F2N2O2/c1-3-19-13(18)11-7(2)16-12(17-11)9-5-4-8(14)6-10(9)15/h4-6H,3H2,1-2H3,(H,16,17). The van der Waals surface area contributed by atoms with E-state index in [4.69, 9.17) is 4.74 Å². The Labute approximate surface area is 108 Å². The number of benzene rings is 1. The minimum Gasteiger partial charge on any atom is -0.461 e. The molecule has 0 unspecified atom stereocenters. The highest BCUT2D eigenvalue weighted by molar-refractivity contribution is 5.89. The number of aryl methyl sites for hydroxylation is 1. The number of nitrogens with one attached hydrogen (secondary N) is 1. The minimum absolute atomic E-state index is 0.0973. The van der Waals surface area contributed by atoms with E-state index in [0.717, 1.165) is 12.1 Å². The summed E-state index contributed by atoms with van der Waals surface area (Å²) in [6, 6.07) is 3.15. The summed E-state index contributed by atoms with van der Waals surface area (Å²) in [5.41, 5.74) is 0.665. The Bertz CT molecular complexity index is 623. The number of H-pyrrole nitrogens is 1. The Morgan fingerprint density at radius 1 is 1.42 bits per heavy atom. The van der Waals surface area contributed by atoms with Gasteiger partial charge in [-0.2, -0.15) is 0 Å². The number of carbonyl (C=O) groups excluding carboxylic acids is 1. The van der Waals surface area contributed by atoms with Crippen LogP contribution in [-0.4, -0.2) is 22.5 Å². The fourth-order valence-electron chi connectivity index (χ4n) is 1.67. The van der Waals surface area contributed by atoms with E-state index in [1.165, 1.54) is 6.07 Å². The number of nitrogens with zero attached hydrogens (tertiary/aromatic N) is 1. The monoisotopic (exact) mass is 266 g/mol. The summed E-state index contributed by atoms with van der Waals surface area (Å²) in [5.74, 6) is -1.83. The smallest absolute Gasteiger partial charge is 0.358 e. The molecule has 2 aromatic rings. The summed E-state index contributed by atoms with van der Waals surface area (Å²) in [7, 11) is 0. The van der Waals surface area contributed by atoms with E-state index in [1.807, 2.05) is 0 Å². The van der Waals surface area contributed by atoms with Crippen molar-refractivity contribution < 1.29 is 18.3 Å². The second kappa shape index (κ2) is 5.17. The Kier molecular flexibility index (Phi) is 3.59. The molecule has 0 saturated heterocycles. The number of hydrogen-bond acceptors (Lipinski definition) is 3. The number of imidazole rings is 1. The van der Waals surface area contributed by atoms with Crippen molar-refractivity contribution in [2.75, 3.05) is 6.61 Å². The third kappa shape index (κ3) is 2.62. The van der Waals surface area contributed by atoms with Crippen LogP contribution in [-0.2, 0) is 4.74 Å². The van der Waals surface area contributed by atoms with Gasteiger partial charge in [0.2, 0.25) is 0 Å². The molecule has 0 radical (unpaired) electrons. The van der Waals surface area contributed by atoms with Gasteiger partial charge in [0, 0.05) is 11.8 Å². The van der Waals surface area contributed by atoms with Crippen LogP contribution in [0.3, 0.4) is 0 Å². The number of aromatic amines is 1. The normalized spacial score (nSPS) is 10.5. The van der Waals surface area contributed by atoms with E-state index < -0.39 is 17.6 Å². The third-order valence-electron chi connectivity index (χ3n) is 2.54. The number of aromatic nitrogens is 2. The lowest BCUT2D eigenvalue weighted by Crippen LogP contribution is -2.06. The van der Waals surface area contributed by atoms with Gasteiger partial charge in [0.25, 0.3) is 0 Å². The fraction of sp³-hybridized carbons (Fsp3) is 0.231. The average molecular weight is 266 g/mol. The molecule has 1 heterocycles. The molecular formula is C13H12F2N2O2. The lowest BCUT2D eigenvalue weighted by atomic mass is 10.2. The molecule has 0 spiro atoms. The SMILES string of the molecule is CCOC(=O)c1nc(-c2ccc(F)cc2F)[nH]c1C. The van der Waals surface area contributed by atoms with Crippen LogP contribution in [0.25, 0.3) is 11.4 Å². The zero-order chi connectivity index (χ0) is 14.0. The van der Waals surface area contributed by atoms with Gasteiger partial charge in [0.15, 0.2) is 5.69 Å². The lowest BCUT2D eigenvalue weighted by Gasteiger charge is -1.99. The first-order valence-corrected chi connectivity index (χ1v) is 5.72. The highest BCUT2D eigenvalue weighted by Crippen LogP contribution is 2.22. The molecule has 0 aliphatic rings. The van der Waals surface area contributed by atoms with Gasteiger partial charge in [-0.25, -0.2) is 18.6 Å². The number of rotatable bonds is 3. The quantitative estimate of drug-likeness (QED) is 0.869. The predicted octanol–water partition coefficient (Wildman–Crippen LogP) is 2.84. The topological polar surface area (TPSA) is 55.0 Å². The van der Waals surface area contributed by atoms with Crippen LogP contribution >= 0.6 is 0 Å². The summed E-state index contributed by atoms with van der Waals surface area (Å²) in [6.07, 6.45) is 0. The van der Waals surface area contributed by atoms with Crippen LogP contribution in [0.5, 0.6) is 0 Å². The maximum absolute atomic E-state index is 13.6. The molecule has 6 heteroatoms. The van der Waals surface area contributed by atoms with E-state index in [9.17, 15) is 13.6 Å². The van der Waals surface area contributed by atoms with Crippen molar-refractivity contribution in [2.24, 2.45) is 0 Å². The summed E-state index contributed by atoms with van der Waals surface area (Å²) in [5, 5.41) is 0. The van der Waals surface area contributed by atoms with Crippen LogP contribution < -0.4 is 0 Å². The molecule has 1 aromatic carbocycles. The first-order valence-electron chi connectivity index (χ1n) is 5.72. The molecular weight excluding hydrogens is 254 g/mol. The summed E-state index contributed by atoms with van der Waals surface area (Å²) in [4.78, 5) is 18.4. The number of hydrogen-bond donors (Lipinski definition) is 1. The molecule has 0 aliphatic carbocycles. The molecule has 0 saturated carbocycles. The molecule has 0 bridgehead atoms. The van der Waals surface area contributed by atoms with Crippen molar-refractivity contribution >= 4 is 5.97 Å². The number of halogens is 2. The second-order valence-electron chi connectivity index (χ2n) is 3.90. The van der Waals surface area contributed by atoms with Crippen molar-refractivity contribution in [3.63, 3.8) is 0 Å². The van der Waals surface area contributed by atoms with E-state index in [0.29, 0.717) is 5.69 Å². The second-order valence-corrected chi connectivity index (χ2v) is 3.90. The highest BCUT2D eigenvalue weighted by atomic mass is 19.1. The largest absolute Gasteiger partial charge is 0.461 e. The Balaban J connectivity index is 2.42. The van der Waals surface area contributed by atoms with Crippen LogP contribution in [0.2, 0.25) is 0 Å². The number of ether oxygens (including phenoxy) is 1. The van der Waals surface area contributed by atoms with Crippen LogP contribution in [0.1, 0.15) is 23.1 Å². The molecule has 4 nitrogen and oxygen atoms in total. The molecule has 100 valence electrons. The molecule has 0 amide bonds. The van der Waals surface area contributed by atoms with E-state index >= 15 is 0 Å². The van der Waals surface area contributed by atoms with Gasteiger partial charge in [-0.1, -0.05) is 0 Å². The summed E-state index contributed by atoms with van der Waals surface area (Å²) >= 11 is 0. The van der Waals surface area contributed by atoms with Gasteiger partial charge < -0.3 is 9.72 Å². The van der Waals surface area contributed by atoms with Crippen molar-refractivity contribution in [3.8, 4) is 11.4 Å². The molecule has 0 aliphatic heterocycles. The predicted molar refractivity (Wildman–Crippen MR) is 64.6 cm³/mol. The van der Waals surface area contributed by atoms with Crippen LogP contribution in [0, 0.1) is 18.6 Å². The molecule has 2 rings (SSSR count). The Morgan fingerprint density at radius 2 is 2.16 bits per heavy atom. The molecule has 19 heavy (non-hydrogen) atoms. The third-order valence-corrected chi connectivity index (χ3v) is 2.54. The van der Waals surface area contributed by atoms with Crippen LogP contribution in [0.4, 0.5) is 8.78 Å². The molecule has 0 fully saturated rings. The van der Waals surface area contributed by atoms with Gasteiger partial charge in [-0.3, -0.25) is 0 Å². The minimum atomic E-state index is -0.746. The maximum atomic E-state index is 13.6. The number of carbonyl (C=O) groups is 1. The van der Waals surface area contributed by atoms with Crippen molar-refractivity contribution in [2.45, 2.75) is 13.8 Å². The average Bonchev–Trinajstić information content (AvgIpc) is 2.71. The zero-order valence-electron chi connectivity index (χ0n) is 10.5. The van der Waals surface area contributed by atoms with E-state index in [1.54, 1.807) is 13.8 Å². The zero-order valence-corrected chi connectivity index (χ0v) is 10.5. The molecule has 1 N–H and O–H groups in total.